The minimum absolute atomic E-state index is 0.0109. The maximum Gasteiger partial charge on any atom is 0.410 e. The summed E-state index contributed by atoms with van der Waals surface area (Å²) in [6.07, 6.45) is -0.519. The van der Waals surface area contributed by atoms with Gasteiger partial charge in [-0.25, -0.2) is 4.79 Å². The molecule has 17 heavy (non-hydrogen) atoms. The van der Waals surface area contributed by atoms with Crippen LogP contribution in [-0.2, 0) is 11.3 Å². The van der Waals surface area contributed by atoms with E-state index >= 15 is 0 Å². The Kier molecular flexibility index (Phi) is 4.82. The summed E-state index contributed by atoms with van der Waals surface area (Å²) in [5.74, 6) is 0.712. The molecule has 0 aliphatic rings. The Morgan fingerprint density at radius 2 is 2.29 bits per heavy atom. The molecule has 90 valence electrons. The molecule has 0 saturated carbocycles. The number of hydrogen-bond donors (Lipinski definition) is 0. The van der Waals surface area contributed by atoms with Crippen molar-refractivity contribution in [3.63, 3.8) is 0 Å². The van der Waals surface area contributed by atoms with E-state index in [1.54, 1.807) is 13.2 Å². The Labute approximate surface area is 100 Å². The molecule has 1 aromatic rings. The lowest BCUT2D eigenvalue weighted by Gasteiger charge is -2.13. The second kappa shape index (κ2) is 6.38. The number of carbonyl (C=O) groups is 1. The molecule has 0 heterocycles. The highest BCUT2D eigenvalue weighted by Gasteiger charge is 2.09. The Bertz CT molecular complexity index is 426. The van der Waals surface area contributed by atoms with Gasteiger partial charge in [0.2, 0.25) is 0 Å². The number of methoxy groups -OCH3 is 1. The second-order valence-corrected chi connectivity index (χ2v) is 3.42. The van der Waals surface area contributed by atoms with Crippen LogP contribution in [0.2, 0.25) is 0 Å². The van der Waals surface area contributed by atoms with Crippen molar-refractivity contribution in [2.24, 2.45) is 0 Å². The highest BCUT2D eigenvalue weighted by atomic mass is 16.6. The van der Waals surface area contributed by atoms with Crippen LogP contribution >= 0.6 is 0 Å². The molecule has 0 spiro atoms. The molecule has 5 heteroatoms. The molecule has 1 amide bonds. The predicted octanol–water partition coefficient (Wildman–Crippen LogP) is 1.79. The van der Waals surface area contributed by atoms with Crippen molar-refractivity contribution in [3.05, 3.63) is 29.8 Å². The average molecular weight is 234 g/mol. The monoisotopic (exact) mass is 234 g/mol. The highest BCUT2D eigenvalue weighted by Crippen LogP contribution is 2.13. The maximum atomic E-state index is 11.4. The molecule has 0 unspecified atom stereocenters. The van der Waals surface area contributed by atoms with Crippen molar-refractivity contribution in [2.75, 3.05) is 20.7 Å². The number of benzene rings is 1. The molecule has 0 atom stereocenters. The van der Waals surface area contributed by atoms with E-state index in [4.69, 9.17) is 14.7 Å². The van der Waals surface area contributed by atoms with Gasteiger partial charge >= 0.3 is 6.09 Å². The molecule has 0 radical (unpaired) electrons. The molecule has 0 saturated heterocycles. The molecule has 0 aliphatic heterocycles. The second-order valence-electron chi connectivity index (χ2n) is 3.42. The minimum Gasteiger partial charge on any atom is -0.497 e. The summed E-state index contributed by atoms with van der Waals surface area (Å²) in [4.78, 5) is 12.6. The van der Waals surface area contributed by atoms with Gasteiger partial charge in [-0.2, -0.15) is 5.26 Å². The van der Waals surface area contributed by atoms with Crippen LogP contribution in [0.4, 0.5) is 4.79 Å². The molecule has 0 bridgehead atoms. The lowest BCUT2D eigenvalue weighted by Crippen LogP contribution is -2.27. The molecular formula is C12H14N2O3. The van der Waals surface area contributed by atoms with Crippen molar-refractivity contribution in [1.29, 1.82) is 5.26 Å². The van der Waals surface area contributed by atoms with Crippen LogP contribution < -0.4 is 4.74 Å². The van der Waals surface area contributed by atoms with Crippen molar-refractivity contribution in [2.45, 2.75) is 6.61 Å². The molecule has 0 fully saturated rings. The largest absolute Gasteiger partial charge is 0.497 e. The van der Waals surface area contributed by atoms with E-state index in [2.05, 4.69) is 0 Å². The van der Waals surface area contributed by atoms with Crippen molar-refractivity contribution < 1.29 is 14.3 Å². The summed E-state index contributed by atoms with van der Waals surface area (Å²) in [6.45, 7) is 0.169. The predicted molar refractivity (Wildman–Crippen MR) is 61.4 cm³/mol. The van der Waals surface area contributed by atoms with E-state index < -0.39 is 6.09 Å². The Morgan fingerprint density at radius 1 is 1.53 bits per heavy atom. The summed E-state index contributed by atoms with van der Waals surface area (Å²) in [6, 6.07) is 9.13. The Hall–Kier alpha value is -2.22. The van der Waals surface area contributed by atoms with E-state index in [-0.39, 0.29) is 13.2 Å². The Balaban J connectivity index is 2.50. The van der Waals surface area contributed by atoms with E-state index in [1.165, 1.54) is 11.9 Å². The van der Waals surface area contributed by atoms with Gasteiger partial charge in [0.15, 0.2) is 0 Å². The molecule has 1 rings (SSSR count). The standard InChI is InChI=1S/C12H14N2O3/c1-14(7-6-13)12(15)17-9-10-4-3-5-11(8-10)16-2/h3-5,8H,7,9H2,1-2H3. The van der Waals surface area contributed by atoms with E-state index in [0.717, 1.165) is 5.56 Å². The lowest BCUT2D eigenvalue weighted by molar-refractivity contribution is 0.108. The third-order valence-electron chi connectivity index (χ3n) is 2.12. The first-order chi connectivity index (χ1) is 8.17. The molecule has 1 aromatic carbocycles. The van der Waals surface area contributed by atoms with Crippen molar-refractivity contribution in [1.82, 2.24) is 4.90 Å². The molecule has 5 nitrogen and oxygen atoms in total. The number of carbonyl (C=O) groups excluding carboxylic acids is 1. The van der Waals surface area contributed by atoms with Crippen molar-refractivity contribution >= 4 is 6.09 Å². The van der Waals surface area contributed by atoms with Gasteiger partial charge in [0, 0.05) is 7.05 Å². The van der Waals surface area contributed by atoms with Crippen LogP contribution in [0.1, 0.15) is 5.56 Å². The summed E-state index contributed by atoms with van der Waals surface area (Å²) >= 11 is 0. The van der Waals surface area contributed by atoms with Crippen LogP contribution in [-0.4, -0.2) is 31.7 Å². The number of hydrogen-bond acceptors (Lipinski definition) is 4. The van der Waals surface area contributed by atoms with Gasteiger partial charge in [0.05, 0.1) is 13.2 Å². The molecule has 0 aromatic heterocycles. The van der Waals surface area contributed by atoms with Crippen LogP contribution in [0.3, 0.4) is 0 Å². The Morgan fingerprint density at radius 3 is 2.94 bits per heavy atom. The van der Waals surface area contributed by atoms with Gasteiger partial charge in [0.25, 0.3) is 0 Å². The fourth-order valence-corrected chi connectivity index (χ4v) is 1.19. The van der Waals surface area contributed by atoms with Gasteiger partial charge in [-0.05, 0) is 17.7 Å². The van der Waals surface area contributed by atoms with E-state index in [9.17, 15) is 4.79 Å². The van der Waals surface area contributed by atoms with Crippen LogP contribution in [0.15, 0.2) is 24.3 Å². The van der Waals surface area contributed by atoms with Crippen LogP contribution in [0.5, 0.6) is 5.75 Å². The quantitative estimate of drug-likeness (QED) is 0.745. The van der Waals surface area contributed by atoms with Gasteiger partial charge in [-0.15, -0.1) is 0 Å². The van der Waals surface area contributed by atoms with Gasteiger partial charge in [-0.3, -0.25) is 4.90 Å². The molecule has 0 N–H and O–H groups in total. The average Bonchev–Trinajstić information content (AvgIpc) is 2.36. The summed E-state index contributed by atoms with van der Waals surface area (Å²) in [5, 5.41) is 8.42. The first-order valence-electron chi connectivity index (χ1n) is 5.05. The maximum absolute atomic E-state index is 11.4. The SMILES string of the molecule is COc1cccc(COC(=O)N(C)CC#N)c1. The molecule has 0 aliphatic carbocycles. The third-order valence-corrected chi connectivity index (χ3v) is 2.12. The fourth-order valence-electron chi connectivity index (χ4n) is 1.19. The number of nitrogens with zero attached hydrogens (tertiary/aromatic N) is 2. The zero-order valence-corrected chi connectivity index (χ0v) is 9.84. The topological polar surface area (TPSA) is 62.6 Å². The zero-order chi connectivity index (χ0) is 12.7. The number of nitriles is 1. The molecular weight excluding hydrogens is 220 g/mol. The van der Waals surface area contributed by atoms with Gasteiger partial charge in [-0.1, -0.05) is 12.1 Å². The lowest BCUT2D eigenvalue weighted by atomic mass is 10.2. The summed E-state index contributed by atoms with van der Waals surface area (Å²) in [5.41, 5.74) is 0.836. The zero-order valence-electron chi connectivity index (χ0n) is 9.84. The fraction of sp³-hybridized carbons (Fsp3) is 0.333. The van der Waals surface area contributed by atoms with Gasteiger partial charge in [0.1, 0.15) is 18.9 Å². The summed E-state index contributed by atoms with van der Waals surface area (Å²) in [7, 11) is 3.09. The smallest absolute Gasteiger partial charge is 0.410 e. The van der Waals surface area contributed by atoms with E-state index in [1.807, 2.05) is 24.3 Å². The number of rotatable bonds is 4. The third kappa shape index (κ3) is 4.03. The van der Waals surface area contributed by atoms with Gasteiger partial charge < -0.3 is 9.47 Å². The number of amides is 1. The summed E-state index contributed by atoms with van der Waals surface area (Å²) < 4.78 is 10.1. The number of ether oxygens (including phenoxy) is 2. The normalized spacial score (nSPS) is 9.24. The van der Waals surface area contributed by atoms with Crippen LogP contribution in [0, 0.1) is 11.3 Å². The first kappa shape index (κ1) is 12.8. The highest BCUT2D eigenvalue weighted by molar-refractivity contribution is 5.67. The minimum atomic E-state index is -0.519. The van der Waals surface area contributed by atoms with Crippen molar-refractivity contribution in [3.8, 4) is 11.8 Å². The first-order valence-corrected chi connectivity index (χ1v) is 5.05. The van der Waals surface area contributed by atoms with E-state index in [0.29, 0.717) is 5.75 Å². The van der Waals surface area contributed by atoms with Crippen LogP contribution in [0.25, 0.3) is 0 Å².